The van der Waals surface area contributed by atoms with Gasteiger partial charge in [-0.1, -0.05) is 54.6 Å². The van der Waals surface area contributed by atoms with Gasteiger partial charge in [0.05, 0.1) is 0 Å². The lowest BCUT2D eigenvalue weighted by Crippen LogP contribution is -2.51. The lowest BCUT2D eigenvalue weighted by Gasteiger charge is -2.35. The molecule has 1 N–H and O–H groups in total. The number of nitrogens with zero attached hydrogens (tertiary/aromatic N) is 2. The van der Waals surface area contributed by atoms with Gasteiger partial charge in [-0.2, -0.15) is 0 Å². The number of benzene rings is 2. The Morgan fingerprint density at radius 3 is 2.12 bits per heavy atom. The first-order chi connectivity index (χ1) is 15.4. The van der Waals surface area contributed by atoms with Crippen molar-refractivity contribution in [2.45, 2.75) is 44.6 Å². The van der Waals surface area contributed by atoms with E-state index < -0.39 is 0 Å². The van der Waals surface area contributed by atoms with Crippen LogP contribution < -0.4 is 5.32 Å². The summed E-state index contributed by atoms with van der Waals surface area (Å²) in [5, 5.41) is 3.18. The molecule has 1 atom stereocenters. The maximum absolute atomic E-state index is 12.8. The predicted octanol–water partition coefficient (Wildman–Crippen LogP) is 3.02. The van der Waals surface area contributed by atoms with Crippen LogP contribution in [-0.2, 0) is 20.8 Å². The maximum Gasteiger partial charge on any atom is 0.222 e. The molecule has 32 heavy (non-hydrogen) atoms. The zero-order valence-electron chi connectivity index (χ0n) is 18.7. The third-order valence-electron chi connectivity index (χ3n) is 6.73. The van der Waals surface area contributed by atoms with Crippen molar-refractivity contribution in [2.75, 3.05) is 26.2 Å². The molecule has 6 heteroatoms. The highest BCUT2D eigenvalue weighted by molar-refractivity contribution is 5.80. The number of rotatable bonds is 6. The molecule has 2 aliphatic heterocycles. The monoisotopic (exact) mass is 433 g/mol. The van der Waals surface area contributed by atoms with Gasteiger partial charge >= 0.3 is 0 Å². The zero-order valence-corrected chi connectivity index (χ0v) is 18.7. The largest absolute Gasteiger partial charge is 0.350 e. The van der Waals surface area contributed by atoms with Gasteiger partial charge in [0.25, 0.3) is 0 Å². The molecule has 2 aromatic rings. The summed E-state index contributed by atoms with van der Waals surface area (Å²) in [5.41, 5.74) is 3.13. The van der Waals surface area contributed by atoms with E-state index in [1.165, 1.54) is 11.1 Å². The molecule has 4 rings (SSSR count). The molecule has 0 radical (unpaired) electrons. The normalized spacial score (nSPS) is 20.8. The summed E-state index contributed by atoms with van der Waals surface area (Å²) in [4.78, 5) is 40.0. The van der Waals surface area contributed by atoms with Crippen LogP contribution in [0.5, 0.6) is 0 Å². The Labute approximate surface area is 189 Å². The highest BCUT2D eigenvalue weighted by Gasteiger charge is 2.38. The van der Waals surface area contributed by atoms with Crippen LogP contribution in [0.4, 0.5) is 0 Å². The molecule has 0 aromatic heterocycles. The summed E-state index contributed by atoms with van der Waals surface area (Å²) in [6, 6.07) is 18.7. The van der Waals surface area contributed by atoms with Gasteiger partial charge in [-0.25, -0.2) is 0 Å². The van der Waals surface area contributed by atoms with Crippen LogP contribution in [0.3, 0.4) is 0 Å². The fourth-order valence-electron chi connectivity index (χ4n) is 4.79. The molecular weight excluding hydrogens is 402 g/mol. The van der Waals surface area contributed by atoms with Crippen LogP contribution >= 0.6 is 0 Å². The fraction of sp³-hybridized carbons (Fsp3) is 0.423. The molecule has 2 aliphatic rings. The summed E-state index contributed by atoms with van der Waals surface area (Å²) in [6.45, 7) is 3.92. The van der Waals surface area contributed by atoms with E-state index in [9.17, 15) is 14.4 Å². The van der Waals surface area contributed by atoms with Crippen molar-refractivity contribution in [2.24, 2.45) is 0 Å². The Balaban J connectivity index is 1.38. The van der Waals surface area contributed by atoms with Crippen molar-refractivity contribution in [3.8, 4) is 11.1 Å². The summed E-state index contributed by atoms with van der Waals surface area (Å²) in [7, 11) is 0. The van der Waals surface area contributed by atoms with Crippen molar-refractivity contribution >= 4 is 17.7 Å². The van der Waals surface area contributed by atoms with Crippen LogP contribution in [0, 0.1) is 0 Å². The molecule has 0 bridgehead atoms. The number of carbonyl (C=O) groups is 3. The average Bonchev–Trinajstić information content (AvgIpc) is 3.19. The summed E-state index contributed by atoms with van der Waals surface area (Å²) < 4.78 is 0. The van der Waals surface area contributed by atoms with Gasteiger partial charge < -0.3 is 15.1 Å². The van der Waals surface area contributed by atoms with E-state index in [1.54, 1.807) is 11.8 Å². The minimum absolute atomic E-state index is 0.0583. The van der Waals surface area contributed by atoms with E-state index in [1.807, 2.05) is 23.1 Å². The molecule has 0 unspecified atom stereocenters. The second-order valence-corrected chi connectivity index (χ2v) is 8.96. The van der Waals surface area contributed by atoms with E-state index in [4.69, 9.17) is 0 Å². The van der Waals surface area contributed by atoms with Gasteiger partial charge in [0.15, 0.2) is 0 Å². The van der Waals surface area contributed by atoms with E-state index >= 15 is 0 Å². The smallest absolute Gasteiger partial charge is 0.222 e. The second-order valence-electron chi connectivity index (χ2n) is 8.96. The molecule has 2 heterocycles. The topological polar surface area (TPSA) is 69.7 Å². The van der Waals surface area contributed by atoms with Gasteiger partial charge in [0, 0.05) is 51.5 Å². The fourth-order valence-corrected chi connectivity index (χ4v) is 4.79. The van der Waals surface area contributed by atoms with E-state index in [0.717, 1.165) is 18.4 Å². The minimum Gasteiger partial charge on any atom is -0.350 e. The van der Waals surface area contributed by atoms with Gasteiger partial charge in [-0.05, 0) is 36.0 Å². The molecule has 0 saturated carbocycles. The first-order valence-electron chi connectivity index (χ1n) is 11.4. The maximum atomic E-state index is 12.8. The molecule has 6 nitrogen and oxygen atoms in total. The molecule has 0 spiro atoms. The van der Waals surface area contributed by atoms with Gasteiger partial charge in [0.1, 0.15) is 0 Å². The average molecular weight is 434 g/mol. The Morgan fingerprint density at radius 1 is 0.906 bits per heavy atom. The molecule has 2 fully saturated rings. The molecule has 2 saturated heterocycles. The number of hydrogen-bond donors (Lipinski definition) is 1. The standard InChI is InChI=1S/C26H31N3O3/c1-20(30)28-15-17-29(18-16-28)25(32)12-14-26(13-11-24(31)27-26)19-21-7-9-23(10-8-21)22-5-3-2-4-6-22/h2-10H,11-19H2,1H3,(H,27,31)/t26-/m0/s1. The Bertz CT molecular complexity index is 966. The summed E-state index contributed by atoms with van der Waals surface area (Å²) in [5.74, 6) is 0.226. The van der Waals surface area contributed by atoms with Crippen LogP contribution in [0.1, 0.15) is 38.2 Å². The van der Waals surface area contributed by atoms with Gasteiger partial charge in [-0.15, -0.1) is 0 Å². The first-order valence-corrected chi connectivity index (χ1v) is 11.4. The SMILES string of the molecule is CC(=O)N1CCN(C(=O)CC[C@]2(Cc3ccc(-c4ccccc4)cc3)CCC(=O)N2)CC1. The number of hydrogen-bond acceptors (Lipinski definition) is 3. The third kappa shape index (κ3) is 5.18. The predicted molar refractivity (Wildman–Crippen MR) is 124 cm³/mol. The Morgan fingerprint density at radius 2 is 1.53 bits per heavy atom. The minimum atomic E-state index is -0.373. The number of nitrogens with one attached hydrogen (secondary N) is 1. The first kappa shape index (κ1) is 22.1. The van der Waals surface area contributed by atoms with E-state index in [0.29, 0.717) is 45.4 Å². The van der Waals surface area contributed by atoms with Crippen molar-refractivity contribution in [1.82, 2.24) is 15.1 Å². The van der Waals surface area contributed by atoms with Crippen molar-refractivity contribution in [3.63, 3.8) is 0 Å². The third-order valence-corrected chi connectivity index (χ3v) is 6.73. The highest BCUT2D eigenvalue weighted by Crippen LogP contribution is 2.31. The van der Waals surface area contributed by atoms with Crippen LogP contribution in [-0.4, -0.2) is 59.2 Å². The number of amides is 3. The zero-order chi connectivity index (χ0) is 22.6. The Hall–Kier alpha value is -3.15. The lowest BCUT2D eigenvalue weighted by molar-refractivity contribution is -0.138. The van der Waals surface area contributed by atoms with Crippen molar-refractivity contribution in [1.29, 1.82) is 0 Å². The Kier molecular flexibility index (Phi) is 6.58. The number of carbonyl (C=O) groups excluding carboxylic acids is 3. The lowest BCUT2D eigenvalue weighted by atomic mass is 9.84. The van der Waals surface area contributed by atoms with Crippen LogP contribution in [0.15, 0.2) is 54.6 Å². The van der Waals surface area contributed by atoms with Gasteiger partial charge in [0.2, 0.25) is 17.7 Å². The highest BCUT2D eigenvalue weighted by atomic mass is 16.2. The van der Waals surface area contributed by atoms with Crippen LogP contribution in [0.25, 0.3) is 11.1 Å². The van der Waals surface area contributed by atoms with Crippen LogP contribution in [0.2, 0.25) is 0 Å². The molecule has 168 valence electrons. The van der Waals surface area contributed by atoms with Gasteiger partial charge in [-0.3, -0.25) is 14.4 Å². The molecule has 2 aromatic carbocycles. The van der Waals surface area contributed by atoms with E-state index in [-0.39, 0.29) is 23.3 Å². The molecule has 3 amide bonds. The molecule has 0 aliphatic carbocycles. The summed E-state index contributed by atoms with van der Waals surface area (Å²) >= 11 is 0. The van der Waals surface area contributed by atoms with Crippen molar-refractivity contribution < 1.29 is 14.4 Å². The second kappa shape index (κ2) is 9.55. The quantitative estimate of drug-likeness (QED) is 0.761. The summed E-state index contributed by atoms with van der Waals surface area (Å²) in [6.07, 6.45) is 3.01. The van der Waals surface area contributed by atoms with Crippen molar-refractivity contribution in [3.05, 3.63) is 60.2 Å². The number of piperazine rings is 1. The molecular formula is C26H31N3O3. The van der Waals surface area contributed by atoms with E-state index in [2.05, 4.69) is 41.7 Å².